The fraction of sp³-hybridized carbons (Fsp3) is 0.571. The van der Waals surface area contributed by atoms with Crippen LogP contribution in [0.25, 0.3) is 0 Å². The van der Waals surface area contributed by atoms with Gasteiger partial charge in [0.05, 0.1) is 6.10 Å². The third-order valence-electron chi connectivity index (χ3n) is 3.65. The van der Waals surface area contributed by atoms with Crippen molar-refractivity contribution in [1.29, 1.82) is 0 Å². The number of nitrogen functional groups attached to an aromatic ring is 1. The molecule has 0 aliphatic heterocycles. The van der Waals surface area contributed by atoms with Gasteiger partial charge in [-0.3, -0.25) is 0 Å². The third kappa shape index (κ3) is 3.37. The van der Waals surface area contributed by atoms with Crippen LogP contribution in [0.3, 0.4) is 0 Å². The minimum absolute atomic E-state index is 0.0653. The monoisotopic (exact) mass is 234 g/mol. The Balaban J connectivity index is 1.85. The maximum Gasteiger partial charge on any atom is 0.0540 e. The van der Waals surface area contributed by atoms with E-state index in [-0.39, 0.29) is 6.10 Å². The number of hydrogen-bond acceptors (Lipinski definition) is 3. The highest BCUT2D eigenvalue weighted by molar-refractivity contribution is 5.57. The summed E-state index contributed by atoms with van der Waals surface area (Å²) in [5.74, 6) is 0.690. The van der Waals surface area contributed by atoms with Crippen molar-refractivity contribution in [2.45, 2.75) is 38.7 Å². The van der Waals surface area contributed by atoms with Gasteiger partial charge in [-0.15, -0.1) is 0 Å². The molecule has 1 aromatic carbocycles. The minimum atomic E-state index is -0.0653. The number of nitrogens with one attached hydrogen (secondary N) is 1. The van der Waals surface area contributed by atoms with Crippen LogP contribution in [-0.2, 0) is 0 Å². The van der Waals surface area contributed by atoms with Gasteiger partial charge in [-0.1, -0.05) is 0 Å². The molecule has 2 rings (SSSR count). The number of aliphatic hydroxyl groups is 1. The minimum Gasteiger partial charge on any atom is -0.399 e. The highest BCUT2D eigenvalue weighted by Gasteiger charge is 2.18. The third-order valence-corrected chi connectivity index (χ3v) is 3.65. The van der Waals surface area contributed by atoms with Crippen molar-refractivity contribution in [3.05, 3.63) is 23.8 Å². The van der Waals surface area contributed by atoms with Crippen LogP contribution in [0.5, 0.6) is 0 Å². The second kappa shape index (κ2) is 5.41. The molecular formula is C14H22N2O. The van der Waals surface area contributed by atoms with Gasteiger partial charge in [0.15, 0.2) is 0 Å². The molecule has 1 saturated carbocycles. The van der Waals surface area contributed by atoms with E-state index in [0.717, 1.165) is 37.9 Å². The molecule has 0 bridgehead atoms. The Hall–Kier alpha value is -1.22. The van der Waals surface area contributed by atoms with Crippen LogP contribution in [0.2, 0.25) is 0 Å². The van der Waals surface area contributed by atoms with Crippen molar-refractivity contribution in [2.24, 2.45) is 5.92 Å². The van der Waals surface area contributed by atoms with Crippen molar-refractivity contribution in [3.63, 3.8) is 0 Å². The quantitative estimate of drug-likeness (QED) is 0.704. The second-order valence-corrected chi connectivity index (χ2v) is 5.13. The molecule has 1 aromatic rings. The summed E-state index contributed by atoms with van der Waals surface area (Å²) in [6.07, 6.45) is 4.09. The molecule has 94 valence electrons. The Morgan fingerprint density at radius 2 is 2.00 bits per heavy atom. The van der Waals surface area contributed by atoms with Crippen molar-refractivity contribution in [3.8, 4) is 0 Å². The largest absolute Gasteiger partial charge is 0.399 e. The lowest BCUT2D eigenvalue weighted by molar-refractivity contribution is 0.111. The Morgan fingerprint density at radius 1 is 1.29 bits per heavy atom. The summed E-state index contributed by atoms with van der Waals surface area (Å²) in [7, 11) is 0. The van der Waals surface area contributed by atoms with E-state index in [1.165, 1.54) is 11.3 Å². The lowest BCUT2D eigenvalue weighted by Crippen LogP contribution is -2.23. The first-order valence-corrected chi connectivity index (χ1v) is 6.43. The number of aliphatic hydroxyl groups excluding tert-OH is 1. The van der Waals surface area contributed by atoms with E-state index in [1.807, 2.05) is 18.2 Å². The molecule has 1 fully saturated rings. The first kappa shape index (κ1) is 12.2. The molecule has 1 aliphatic carbocycles. The molecule has 1 aliphatic rings. The molecule has 0 amide bonds. The number of anilines is 2. The molecule has 0 spiro atoms. The van der Waals surface area contributed by atoms with E-state index in [9.17, 15) is 5.11 Å². The SMILES string of the molecule is Cc1cc(N)ccc1NCC1CCC(O)CC1. The summed E-state index contributed by atoms with van der Waals surface area (Å²) in [4.78, 5) is 0. The van der Waals surface area contributed by atoms with Crippen molar-refractivity contribution < 1.29 is 5.11 Å². The van der Waals surface area contributed by atoms with Gasteiger partial charge in [-0.2, -0.15) is 0 Å². The zero-order chi connectivity index (χ0) is 12.3. The molecule has 0 saturated heterocycles. The van der Waals surface area contributed by atoms with Crippen LogP contribution in [0, 0.1) is 12.8 Å². The first-order valence-electron chi connectivity index (χ1n) is 6.43. The first-order chi connectivity index (χ1) is 8.15. The predicted molar refractivity (Wildman–Crippen MR) is 72.0 cm³/mol. The number of hydrogen-bond donors (Lipinski definition) is 3. The molecule has 3 nitrogen and oxygen atoms in total. The van der Waals surface area contributed by atoms with Gasteiger partial charge in [0.2, 0.25) is 0 Å². The van der Waals surface area contributed by atoms with Crippen LogP contribution >= 0.6 is 0 Å². The summed E-state index contributed by atoms with van der Waals surface area (Å²) < 4.78 is 0. The molecule has 0 atom stereocenters. The molecular weight excluding hydrogens is 212 g/mol. The standard InChI is InChI=1S/C14H22N2O/c1-10-8-12(15)4-7-14(10)16-9-11-2-5-13(17)6-3-11/h4,7-8,11,13,16-17H,2-3,5-6,9,15H2,1H3. The molecule has 0 radical (unpaired) electrons. The van der Waals surface area contributed by atoms with E-state index >= 15 is 0 Å². The van der Waals surface area contributed by atoms with Crippen LogP contribution in [-0.4, -0.2) is 17.8 Å². The van der Waals surface area contributed by atoms with Crippen LogP contribution in [0.1, 0.15) is 31.2 Å². The topological polar surface area (TPSA) is 58.3 Å². The van der Waals surface area contributed by atoms with E-state index < -0.39 is 0 Å². The van der Waals surface area contributed by atoms with E-state index in [1.54, 1.807) is 0 Å². The Labute approximate surface area is 103 Å². The number of benzene rings is 1. The molecule has 0 unspecified atom stereocenters. The Morgan fingerprint density at radius 3 is 2.65 bits per heavy atom. The van der Waals surface area contributed by atoms with Crippen molar-refractivity contribution >= 4 is 11.4 Å². The summed E-state index contributed by atoms with van der Waals surface area (Å²) in [6, 6.07) is 5.97. The zero-order valence-electron chi connectivity index (χ0n) is 10.4. The number of aryl methyl sites for hydroxylation is 1. The molecule has 4 N–H and O–H groups in total. The van der Waals surface area contributed by atoms with Gasteiger partial charge in [0.25, 0.3) is 0 Å². The smallest absolute Gasteiger partial charge is 0.0540 e. The lowest BCUT2D eigenvalue weighted by Gasteiger charge is -2.26. The maximum absolute atomic E-state index is 9.45. The molecule has 0 heterocycles. The Kier molecular flexibility index (Phi) is 3.89. The summed E-state index contributed by atoms with van der Waals surface area (Å²) in [6.45, 7) is 3.07. The average molecular weight is 234 g/mol. The lowest BCUT2D eigenvalue weighted by atomic mass is 9.87. The van der Waals surface area contributed by atoms with Crippen LogP contribution < -0.4 is 11.1 Å². The summed E-state index contributed by atoms with van der Waals surface area (Å²) >= 11 is 0. The summed E-state index contributed by atoms with van der Waals surface area (Å²) in [5, 5.41) is 12.9. The van der Waals surface area contributed by atoms with E-state index in [4.69, 9.17) is 5.73 Å². The van der Waals surface area contributed by atoms with Crippen LogP contribution in [0.15, 0.2) is 18.2 Å². The van der Waals surface area contributed by atoms with Crippen molar-refractivity contribution in [2.75, 3.05) is 17.6 Å². The second-order valence-electron chi connectivity index (χ2n) is 5.13. The van der Waals surface area contributed by atoms with Gasteiger partial charge in [-0.25, -0.2) is 0 Å². The predicted octanol–water partition coefficient (Wildman–Crippen LogP) is 2.54. The van der Waals surface area contributed by atoms with Gasteiger partial charge < -0.3 is 16.2 Å². The summed E-state index contributed by atoms with van der Waals surface area (Å²) in [5.41, 5.74) is 8.91. The van der Waals surface area contributed by atoms with E-state index in [0.29, 0.717) is 5.92 Å². The molecule has 3 heteroatoms. The molecule has 0 aromatic heterocycles. The number of nitrogens with two attached hydrogens (primary N) is 1. The highest BCUT2D eigenvalue weighted by Crippen LogP contribution is 2.25. The molecule has 17 heavy (non-hydrogen) atoms. The fourth-order valence-electron chi connectivity index (χ4n) is 2.49. The average Bonchev–Trinajstić information content (AvgIpc) is 2.30. The van der Waals surface area contributed by atoms with E-state index in [2.05, 4.69) is 12.2 Å². The van der Waals surface area contributed by atoms with Gasteiger partial charge in [-0.05, 0) is 62.3 Å². The normalized spacial score (nSPS) is 24.6. The fourth-order valence-corrected chi connectivity index (χ4v) is 2.49. The van der Waals surface area contributed by atoms with Gasteiger partial charge in [0, 0.05) is 17.9 Å². The Bertz CT molecular complexity index is 370. The number of rotatable bonds is 3. The van der Waals surface area contributed by atoms with Gasteiger partial charge >= 0.3 is 0 Å². The zero-order valence-corrected chi connectivity index (χ0v) is 10.4. The van der Waals surface area contributed by atoms with Crippen LogP contribution in [0.4, 0.5) is 11.4 Å². The highest BCUT2D eigenvalue weighted by atomic mass is 16.3. The van der Waals surface area contributed by atoms with Gasteiger partial charge in [0.1, 0.15) is 0 Å². The van der Waals surface area contributed by atoms with Crippen molar-refractivity contribution in [1.82, 2.24) is 0 Å². The maximum atomic E-state index is 9.45.